The first-order valence-corrected chi connectivity index (χ1v) is 11.4. The smallest absolute Gasteiger partial charge is 0.277 e. The fourth-order valence-corrected chi connectivity index (χ4v) is 4.64. The molecule has 33 heavy (non-hydrogen) atoms. The molecule has 1 fully saturated rings. The molecule has 2 aromatic carbocycles. The summed E-state index contributed by atoms with van der Waals surface area (Å²) in [5.41, 5.74) is 7.65. The summed E-state index contributed by atoms with van der Waals surface area (Å²) in [6.07, 6.45) is 4.56. The molecule has 1 aliphatic rings. The van der Waals surface area contributed by atoms with E-state index < -0.39 is 0 Å². The third-order valence-corrected chi connectivity index (χ3v) is 6.56. The first-order valence-electron chi connectivity index (χ1n) is 11.4. The van der Waals surface area contributed by atoms with E-state index in [1.54, 1.807) is 20.3 Å². The van der Waals surface area contributed by atoms with E-state index in [1.807, 2.05) is 24.3 Å². The van der Waals surface area contributed by atoms with Gasteiger partial charge in [-0.1, -0.05) is 12.1 Å². The van der Waals surface area contributed by atoms with Gasteiger partial charge in [0, 0.05) is 25.2 Å². The number of nitrogens with two attached hydrogens (primary N) is 1. The van der Waals surface area contributed by atoms with Gasteiger partial charge < -0.3 is 19.9 Å². The number of nitro groups is 1. The van der Waals surface area contributed by atoms with Crippen molar-refractivity contribution in [2.75, 3.05) is 34.4 Å². The number of hydrogen-bond donors (Lipinski definition) is 1. The molecule has 8 nitrogen and oxygen atoms in total. The topological polar surface area (TPSA) is 100 Å². The van der Waals surface area contributed by atoms with Gasteiger partial charge in [-0.2, -0.15) is 0 Å². The van der Waals surface area contributed by atoms with Crippen LogP contribution in [-0.4, -0.2) is 44.2 Å². The van der Waals surface area contributed by atoms with E-state index >= 15 is 0 Å². The molecule has 2 aromatic rings. The van der Waals surface area contributed by atoms with Gasteiger partial charge in [-0.15, -0.1) is 0 Å². The normalized spacial score (nSPS) is 18.2. The van der Waals surface area contributed by atoms with E-state index in [4.69, 9.17) is 19.9 Å². The minimum Gasteiger partial charge on any atom is -0.497 e. The number of nitrogens with zero attached hydrogens (tertiary/aromatic N) is 2. The van der Waals surface area contributed by atoms with Crippen molar-refractivity contribution < 1.29 is 19.1 Å². The molecular formula is C25H35N3O5. The monoisotopic (exact) mass is 457 g/mol. The highest BCUT2D eigenvalue weighted by atomic mass is 16.6. The molecular weight excluding hydrogens is 422 g/mol. The third kappa shape index (κ3) is 6.58. The third-order valence-electron chi connectivity index (χ3n) is 6.56. The van der Waals surface area contributed by atoms with Crippen LogP contribution in [0.15, 0.2) is 36.4 Å². The van der Waals surface area contributed by atoms with E-state index in [1.165, 1.54) is 13.2 Å². The van der Waals surface area contributed by atoms with Gasteiger partial charge >= 0.3 is 0 Å². The summed E-state index contributed by atoms with van der Waals surface area (Å²) in [6, 6.07) is 11.1. The van der Waals surface area contributed by atoms with Gasteiger partial charge in [-0.05, 0) is 67.8 Å². The molecule has 2 N–H and O–H groups in total. The molecule has 0 heterocycles. The van der Waals surface area contributed by atoms with Gasteiger partial charge in [0.2, 0.25) is 0 Å². The Morgan fingerprint density at radius 3 is 2.09 bits per heavy atom. The van der Waals surface area contributed by atoms with Crippen LogP contribution in [0.2, 0.25) is 0 Å². The molecule has 180 valence electrons. The van der Waals surface area contributed by atoms with Crippen molar-refractivity contribution in [3.05, 3.63) is 57.6 Å². The van der Waals surface area contributed by atoms with Crippen molar-refractivity contribution in [2.24, 2.45) is 17.6 Å². The predicted molar refractivity (Wildman–Crippen MR) is 128 cm³/mol. The average molecular weight is 458 g/mol. The van der Waals surface area contributed by atoms with Crippen molar-refractivity contribution in [2.45, 2.75) is 38.8 Å². The van der Waals surface area contributed by atoms with Crippen LogP contribution in [0.25, 0.3) is 0 Å². The van der Waals surface area contributed by atoms with Crippen LogP contribution in [0.3, 0.4) is 0 Å². The molecule has 0 bridgehead atoms. The fourth-order valence-electron chi connectivity index (χ4n) is 4.64. The highest BCUT2D eigenvalue weighted by Crippen LogP contribution is 2.36. The lowest BCUT2D eigenvalue weighted by molar-refractivity contribution is -0.385. The molecule has 0 atom stereocenters. The number of benzene rings is 2. The molecule has 1 aliphatic carbocycles. The zero-order valence-corrected chi connectivity index (χ0v) is 19.8. The molecule has 0 saturated heterocycles. The van der Waals surface area contributed by atoms with E-state index in [9.17, 15) is 10.1 Å². The Labute approximate surface area is 195 Å². The Kier molecular flexibility index (Phi) is 8.91. The number of hydrogen-bond acceptors (Lipinski definition) is 7. The molecule has 1 saturated carbocycles. The lowest BCUT2D eigenvalue weighted by Crippen LogP contribution is -2.32. The highest BCUT2D eigenvalue weighted by Gasteiger charge is 2.25. The Morgan fingerprint density at radius 2 is 1.55 bits per heavy atom. The van der Waals surface area contributed by atoms with Crippen molar-refractivity contribution in [1.29, 1.82) is 0 Å². The van der Waals surface area contributed by atoms with Gasteiger partial charge in [0.05, 0.1) is 32.3 Å². The van der Waals surface area contributed by atoms with E-state index in [0.717, 1.165) is 50.1 Å². The zero-order chi connectivity index (χ0) is 23.8. The maximum Gasteiger partial charge on any atom is 0.277 e. The Morgan fingerprint density at radius 1 is 0.939 bits per heavy atom. The SMILES string of the molecule is COc1ccc(CN(Cc2cc(OC)c(OC)cc2[N+](=O)[O-])CC2CCC(CN)CC2)cc1. The number of ether oxygens (including phenoxy) is 3. The molecule has 0 aliphatic heterocycles. The van der Waals surface area contributed by atoms with Gasteiger partial charge in [-0.3, -0.25) is 15.0 Å². The summed E-state index contributed by atoms with van der Waals surface area (Å²) in [4.78, 5) is 13.8. The van der Waals surface area contributed by atoms with Crippen molar-refractivity contribution in [1.82, 2.24) is 4.90 Å². The quantitative estimate of drug-likeness (QED) is 0.395. The Balaban J connectivity index is 1.85. The highest BCUT2D eigenvalue weighted by molar-refractivity contribution is 5.54. The van der Waals surface area contributed by atoms with Crippen LogP contribution < -0.4 is 19.9 Å². The second-order valence-electron chi connectivity index (χ2n) is 8.73. The van der Waals surface area contributed by atoms with E-state index in [-0.39, 0.29) is 10.6 Å². The molecule has 0 spiro atoms. The maximum absolute atomic E-state index is 11.8. The Hall–Kier alpha value is -2.84. The number of nitro benzene ring substituents is 1. The number of methoxy groups -OCH3 is 3. The Bertz CT molecular complexity index is 911. The molecule has 0 radical (unpaired) electrons. The van der Waals surface area contributed by atoms with Crippen LogP contribution in [0.5, 0.6) is 17.2 Å². The van der Waals surface area contributed by atoms with E-state index in [0.29, 0.717) is 42.0 Å². The summed E-state index contributed by atoms with van der Waals surface area (Å²) in [6.45, 7) is 2.75. The van der Waals surface area contributed by atoms with Gasteiger partial charge in [0.15, 0.2) is 11.5 Å². The standard InChI is InChI=1S/C25H35N3O5/c1-31-22-10-8-20(9-11-22)16-27(15-19-6-4-18(14-26)5-7-19)17-21-12-24(32-2)25(33-3)13-23(21)28(29)30/h8-13,18-19H,4-7,14-17,26H2,1-3H3. The van der Waals surface area contributed by atoms with Crippen molar-refractivity contribution in [3.8, 4) is 17.2 Å². The van der Waals surface area contributed by atoms with Crippen LogP contribution in [0.4, 0.5) is 5.69 Å². The molecule has 8 heteroatoms. The molecule has 0 aromatic heterocycles. The van der Waals surface area contributed by atoms with Crippen LogP contribution in [0, 0.1) is 22.0 Å². The maximum atomic E-state index is 11.8. The summed E-state index contributed by atoms with van der Waals surface area (Å²) in [5, 5.41) is 11.8. The summed E-state index contributed by atoms with van der Waals surface area (Å²) >= 11 is 0. The first-order chi connectivity index (χ1) is 16.0. The van der Waals surface area contributed by atoms with Gasteiger partial charge in [0.1, 0.15) is 5.75 Å². The summed E-state index contributed by atoms with van der Waals surface area (Å²) in [5.74, 6) is 2.81. The summed E-state index contributed by atoms with van der Waals surface area (Å²) in [7, 11) is 4.67. The minimum absolute atomic E-state index is 0.0409. The second kappa shape index (κ2) is 11.9. The lowest BCUT2D eigenvalue weighted by atomic mass is 9.82. The second-order valence-corrected chi connectivity index (χ2v) is 8.73. The van der Waals surface area contributed by atoms with Gasteiger partial charge in [-0.25, -0.2) is 0 Å². The van der Waals surface area contributed by atoms with Crippen molar-refractivity contribution >= 4 is 5.69 Å². The lowest BCUT2D eigenvalue weighted by Gasteiger charge is -2.32. The van der Waals surface area contributed by atoms with Crippen LogP contribution in [0.1, 0.15) is 36.8 Å². The number of rotatable bonds is 11. The molecule has 0 unspecified atom stereocenters. The van der Waals surface area contributed by atoms with E-state index in [2.05, 4.69) is 4.90 Å². The van der Waals surface area contributed by atoms with Crippen molar-refractivity contribution in [3.63, 3.8) is 0 Å². The molecule has 0 amide bonds. The zero-order valence-electron chi connectivity index (χ0n) is 19.8. The predicted octanol–water partition coefficient (Wildman–Crippen LogP) is 4.39. The van der Waals surface area contributed by atoms with Crippen LogP contribution >= 0.6 is 0 Å². The van der Waals surface area contributed by atoms with Crippen LogP contribution in [-0.2, 0) is 13.1 Å². The summed E-state index contributed by atoms with van der Waals surface area (Å²) < 4.78 is 16.0. The molecule has 3 rings (SSSR count). The average Bonchev–Trinajstić information content (AvgIpc) is 2.84. The van der Waals surface area contributed by atoms with Gasteiger partial charge in [0.25, 0.3) is 5.69 Å². The first kappa shape index (κ1) is 24.8. The minimum atomic E-state index is -0.352. The fraction of sp³-hybridized carbons (Fsp3) is 0.520. The largest absolute Gasteiger partial charge is 0.497 e.